The van der Waals surface area contributed by atoms with Crippen LogP contribution in [0, 0.1) is 0 Å². The summed E-state index contributed by atoms with van der Waals surface area (Å²) in [5.74, 6) is 0.858. The van der Waals surface area contributed by atoms with Crippen molar-refractivity contribution in [1.82, 2.24) is 15.0 Å². The Morgan fingerprint density at radius 1 is 1.00 bits per heavy atom. The molecule has 3 aromatic rings. The van der Waals surface area contributed by atoms with Crippen LogP contribution in [0.15, 0.2) is 60.8 Å². The molecular weight excluding hydrogens is 298 g/mol. The zero-order chi connectivity index (χ0) is 16.6. The van der Waals surface area contributed by atoms with Crippen LogP contribution < -0.4 is 4.74 Å². The van der Waals surface area contributed by atoms with Crippen molar-refractivity contribution in [3.8, 4) is 5.75 Å². The highest BCUT2D eigenvalue weighted by Crippen LogP contribution is 2.13. The second kappa shape index (κ2) is 8.11. The van der Waals surface area contributed by atoms with E-state index in [0.29, 0.717) is 0 Å². The van der Waals surface area contributed by atoms with E-state index in [4.69, 9.17) is 4.74 Å². The summed E-state index contributed by atoms with van der Waals surface area (Å²) >= 11 is 0. The number of hydrogen-bond donors (Lipinski definition) is 0. The predicted molar refractivity (Wildman–Crippen MR) is 96.7 cm³/mol. The molecule has 3 rings (SSSR count). The Hall–Kier alpha value is -2.88. The molecule has 0 atom stereocenters. The normalized spacial score (nSPS) is 11.0. The van der Waals surface area contributed by atoms with Crippen LogP contribution in [-0.2, 0) is 13.0 Å². The van der Waals surface area contributed by atoms with Crippen LogP contribution in [0.2, 0.25) is 0 Å². The fourth-order valence-corrected chi connectivity index (χ4v) is 2.49. The van der Waals surface area contributed by atoms with Crippen molar-refractivity contribution >= 4 is 12.2 Å². The summed E-state index contributed by atoms with van der Waals surface area (Å²) < 4.78 is 7.05. The van der Waals surface area contributed by atoms with Gasteiger partial charge in [-0.15, -0.1) is 5.10 Å². The SMILES string of the molecule is COc1ccc(/C=C/c2cn(CCCc3ccccc3)nn2)cc1. The molecule has 1 heterocycles. The van der Waals surface area contributed by atoms with E-state index in [1.807, 2.05) is 53.4 Å². The smallest absolute Gasteiger partial charge is 0.118 e. The first-order chi connectivity index (χ1) is 11.8. The van der Waals surface area contributed by atoms with Gasteiger partial charge < -0.3 is 4.74 Å². The zero-order valence-corrected chi connectivity index (χ0v) is 13.8. The number of benzene rings is 2. The van der Waals surface area contributed by atoms with E-state index in [0.717, 1.165) is 36.4 Å². The third-order valence-corrected chi connectivity index (χ3v) is 3.81. The number of aryl methyl sites for hydroxylation is 2. The third kappa shape index (κ3) is 4.56. The number of hydrogen-bond acceptors (Lipinski definition) is 3. The first-order valence-electron chi connectivity index (χ1n) is 8.10. The molecule has 0 aliphatic rings. The molecular formula is C20H21N3O. The van der Waals surface area contributed by atoms with Crippen molar-refractivity contribution < 1.29 is 4.74 Å². The van der Waals surface area contributed by atoms with Gasteiger partial charge >= 0.3 is 0 Å². The molecule has 0 aliphatic heterocycles. The Bertz CT molecular complexity index is 776. The number of ether oxygens (including phenoxy) is 1. The van der Waals surface area contributed by atoms with E-state index < -0.39 is 0 Å². The molecule has 0 bridgehead atoms. The lowest BCUT2D eigenvalue weighted by molar-refractivity contribution is 0.415. The van der Waals surface area contributed by atoms with Gasteiger partial charge in [0.15, 0.2) is 0 Å². The lowest BCUT2D eigenvalue weighted by atomic mass is 10.1. The van der Waals surface area contributed by atoms with Crippen molar-refractivity contribution in [1.29, 1.82) is 0 Å². The predicted octanol–water partition coefficient (Wildman–Crippen LogP) is 4.09. The monoisotopic (exact) mass is 319 g/mol. The minimum absolute atomic E-state index is 0.858. The van der Waals surface area contributed by atoms with Gasteiger partial charge in [-0.2, -0.15) is 0 Å². The number of rotatable bonds is 7. The highest BCUT2D eigenvalue weighted by atomic mass is 16.5. The molecule has 0 radical (unpaired) electrons. The van der Waals surface area contributed by atoms with Gasteiger partial charge in [0.2, 0.25) is 0 Å². The van der Waals surface area contributed by atoms with E-state index >= 15 is 0 Å². The molecule has 24 heavy (non-hydrogen) atoms. The Labute approximate surface area is 142 Å². The van der Waals surface area contributed by atoms with Crippen LogP contribution in [-0.4, -0.2) is 22.1 Å². The van der Waals surface area contributed by atoms with Crippen molar-refractivity contribution in [2.75, 3.05) is 7.11 Å². The number of nitrogens with zero attached hydrogens (tertiary/aromatic N) is 3. The van der Waals surface area contributed by atoms with Crippen LogP contribution >= 0.6 is 0 Å². The zero-order valence-electron chi connectivity index (χ0n) is 13.8. The van der Waals surface area contributed by atoms with Crippen LogP contribution in [0.25, 0.3) is 12.2 Å². The topological polar surface area (TPSA) is 39.9 Å². The van der Waals surface area contributed by atoms with Gasteiger partial charge in [0.25, 0.3) is 0 Å². The van der Waals surface area contributed by atoms with Gasteiger partial charge in [0.05, 0.1) is 13.3 Å². The quantitative estimate of drug-likeness (QED) is 0.658. The van der Waals surface area contributed by atoms with E-state index in [9.17, 15) is 0 Å². The molecule has 0 unspecified atom stereocenters. The average molecular weight is 319 g/mol. The highest BCUT2D eigenvalue weighted by molar-refractivity contribution is 5.67. The molecule has 0 N–H and O–H groups in total. The maximum absolute atomic E-state index is 5.15. The van der Waals surface area contributed by atoms with Crippen LogP contribution in [0.4, 0.5) is 0 Å². The van der Waals surface area contributed by atoms with Crippen LogP contribution in [0.1, 0.15) is 23.2 Å². The summed E-state index contributed by atoms with van der Waals surface area (Å²) in [6, 6.07) is 18.4. The summed E-state index contributed by atoms with van der Waals surface area (Å²) in [5, 5.41) is 8.37. The molecule has 0 saturated carbocycles. The Morgan fingerprint density at radius 2 is 1.79 bits per heavy atom. The molecule has 0 amide bonds. The first kappa shape index (κ1) is 16.0. The fourth-order valence-electron chi connectivity index (χ4n) is 2.49. The van der Waals surface area contributed by atoms with Gasteiger partial charge in [-0.05, 0) is 42.2 Å². The number of aromatic nitrogens is 3. The molecule has 4 heteroatoms. The maximum atomic E-state index is 5.15. The van der Waals surface area contributed by atoms with Gasteiger partial charge in [-0.1, -0.05) is 53.8 Å². The standard InChI is InChI=1S/C20H21N3O/c1-24-20-13-10-18(11-14-20)9-12-19-16-23(22-21-19)15-5-8-17-6-3-2-4-7-17/h2-4,6-7,9-14,16H,5,8,15H2,1H3/b12-9+. The van der Waals surface area contributed by atoms with Crippen LogP contribution in [0.3, 0.4) is 0 Å². The van der Waals surface area contributed by atoms with Crippen LogP contribution in [0.5, 0.6) is 5.75 Å². The van der Waals surface area contributed by atoms with Crippen molar-refractivity contribution in [2.45, 2.75) is 19.4 Å². The van der Waals surface area contributed by atoms with E-state index in [-0.39, 0.29) is 0 Å². The van der Waals surface area contributed by atoms with Gasteiger partial charge in [-0.25, -0.2) is 0 Å². The second-order valence-corrected chi connectivity index (χ2v) is 5.60. The molecule has 4 nitrogen and oxygen atoms in total. The molecule has 0 saturated heterocycles. The van der Waals surface area contributed by atoms with E-state index in [1.54, 1.807) is 7.11 Å². The summed E-state index contributed by atoms with van der Waals surface area (Å²) in [6.07, 6.45) is 8.08. The number of methoxy groups -OCH3 is 1. The molecule has 0 fully saturated rings. The summed E-state index contributed by atoms with van der Waals surface area (Å²) in [7, 11) is 1.67. The summed E-state index contributed by atoms with van der Waals surface area (Å²) in [6.45, 7) is 0.873. The largest absolute Gasteiger partial charge is 0.497 e. The minimum Gasteiger partial charge on any atom is -0.497 e. The molecule has 0 aliphatic carbocycles. The lowest BCUT2D eigenvalue weighted by Crippen LogP contribution is -2.00. The van der Waals surface area contributed by atoms with Crippen molar-refractivity contribution in [3.05, 3.63) is 77.6 Å². The van der Waals surface area contributed by atoms with Crippen molar-refractivity contribution in [3.63, 3.8) is 0 Å². The Kier molecular flexibility index (Phi) is 5.40. The van der Waals surface area contributed by atoms with E-state index in [1.165, 1.54) is 5.56 Å². The highest BCUT2D eigenvalue weighted by Gasteiger charge is 1.98. The second-order valence-electron chi connectivity index (χ2n) is 5.60. The lowest BCUT2D eigenvalue weighted by Gasteiger charge is -2.01. The Balaban J connectivity index is 1.52. The molecule has 122 valence electrons. The summed E-state index contributed by atoms with van der Waals surface area (Å²) in [4.78, 5) is 0. The molecule has 0 spiro atoms. The van der Waals surface area contributed by atoms with Gasteiger partial charge in [0, 0.05) is 6.54 Å². The van der Waals surface area contributed by atoms with E-state index in [2.05, 4.69) is 34.6 Å². The molecule has 2 aromatic carbocycles. The van der Waals surface area contributed by atoms with Crippen molar-refractivity contribution in [2.24, 2.45) is 0 Å². The maximum Gasteiger partial charge on any atom is 0.118 e. The van der Waals surface area contributed by atoms with Gasteiger partial charge in [-0.3, -0.25) is 4.68 Å². The average Bonchev–Trinajstić information content (AvgIpc) is 3.09. The third-order valence-electron chi connectivity index (χ3n) is 3.81. The first-order valence-corrected chi connectivity index (χ1v) is 8.10. The molecule has 1 aromatic heterocycles. The minimum atomic E-state index is 0.858. The Morgan fingerprint density at radius 3 is 2.54 bits per heavy atom. The fraction of sp³-hybridized carbons (Fsp3) is 0.200. The van der Waals surface area contributed by atoms with Gasteiger partial charge in [0.1, 0.15) is 11.4 Å². The summed E-state index contributed by atoms with van der Waals surface area (Å²) in [5.41, 5.74) is 3.33.